The Morgan fingerprint density at radius 3 is 2.28 bits per heavy atom. The van der Waals surface area contributed by atoms with Crippen LogP contribution >= 0.6 is 0 Å². The predicted octanol–water partition coefficient (Wildman–Crippen LogP) is 7.53. The Kier molecular flexibility index (Phi) is 9.84. The molecular weight excluding hydrogens is 633 g/mol. The molecule has 9 nitrogen and oxygen atoms in total. The average Bonchev–Trinajstić information content (AvgIpc) is 3.66. The number of anilines is 1. The zero-order valence-electron chi connectivity index (χ0n) is 27.3. The largest absolute Gasteiger partial charge is 0.364 e. The van der Waals surface area contributed by atoms with Crippen molar-refractivity contribution in [2.45, 2.75) is 25.7 Å². The Hall–Kier alpha value is -5.55. The monoisotopic (exact) mass is 669 g/mol. The highest BCUT2D eigenvalue weighted by Gasteiger charge is 2.42. The number of aromatic nitrogens is 3. The van der Waals surface area contributed by atoms with Crippen LogP contribution in [0.1, 0.15) is 30.3 Å². The number of hydrogen-bond acceptors (Lipinski definition) is 8. The minimum absolute atomic E-state index is 0.0702. The van der Waals surface area contributed by atoms with E-state index >= 15 is 0 Å². The molecule has 0 radical (unpaired) electrons. The van der Waals surface area contributed by atoms with Gasteiger partial charge < -0.3 is 19.7 Å². The number of rotatable bonds is 11. The standard InChI is InChI=1S/C40H36FN5O4/c41-34-25-32(18-19-33(34)29-9-3-1-4-10-29)37-44-36(45-50-37)30-16-14-28(15-17-30)26-46-23-20-40(21-24-46,39(48)43-35-13-7-8-22-42-35)27-49-38(47)31-11-5-2-6-12-31/h1-19,22,25,38,47H,20-21,23-24,26-27H2,(H,42,43,48). The van der Waals surface area contributed by atoms with Gasteiger partial charge in [-0.05, 0) is 61.3 Å². The maximum Gasteiger partial charge on any atom is 0.258 e. The molecule has 0 bridgehead atoms. The highest BCUT2D eigenvalue weighted by molar-refractivity contribution is 5.94. The van der Waals surface area contributed by atoms with Gasteiger partial charge in [0.25, 0.3) is 5.89 Å². The van der Waals surface area contributed by atoms with Crippen LogP contribution in [0.3, 0.4) is 0 Å². The molecule has 6 aromatic rings. The Morgan fingerprint density at radius 1 is 0.880 bits per heavy atom. The fourth-order valence-electron chi connectivity index (χ4n) is 6.19. The summed E-state index contributed by atoms with van der Waals surface area (Å²) in [5, 5.41) is 17.8. The molecule has 7 rings (SSSR count). The number of carbonyl (C=O) groups excluding carboxylic acids is 1. The molecule has 1 atom stereocenters. The number of piperidine rings is 1. The highest BCUT2D eigenvalue weighted by Crippen LogP contribution is 2.36. The first-order chi connectivity index (χ1) is 24.5. The predicted molar refractivity (Wildman–Crippen MR) is 188 cm³/mol. The fourth-order valence-corrected chi connectivity index (χ4v) is 6.19. The topological polar surface area (TPSA) is 114 Å². The van der Waals surface area contributed by atoms with E-state index in [-0.39, 0.29) is 24.2 Å². The molecule has 2 aromatic heterocycles. The Labute approximate surface area is 289 Å². The highest BCUT2D eigenvalue weighted by atomic mass is 19.1. The molecule has 252 valence electrons. The van der Waals surface area contributed by atoms with Crippen molar-refractivity contribution in [3.05, 3.63) is 144 Å². The van der Waals surface area contributed by atoms with Crippen LogP contribution in [0.25, 0.3) is 34.0 Å². The number of aliphatic hydroxyl groups is 1. The average molecular weight is 670 g/mol. The van der Waals surface area contributed by atoms with Gasteiger partial charge in [-0.3, -0.25) is 9.69 Å². The molecule has 1 unspecified atom stereocenters. The van der Waals surface area contributed by atoms with Crippen LogP contribution < -0.4 is 5.32 Å². The second-order valence-electron chi connectivity index (χ2n) is 12.5. The van der Waals surface area contributed by atoms with E-state index in [1.807, 2.05) is 78.9 Å². The van der Waals surface area contributed by atoms with E-state index in [0.717, 1.165) is 16.7 Å². The molecule has 1 fully saturated rings. The van der Waals surface area contributed by atoms with Crippen molar-refractivity contribution in [3.63, 3.8) is 0 Å². The Morgan fingerprint density at radius 2 is 1.58 bits per heavy atom. The minimum Gasteiger partial charge on any atom is -0.364 e. The summed E-state index contributed by atoms with van der Waals surface area (Å²) < 4.78 is 26.4. The number of amides is 1. The summed E-state index contributed by atoms with van der Waals surface area (Å²) in [6.07, 6.45) is 1.59. The number of pyridine rings is 1. The van der Waals surface area contributed by atoms with E-state index < -0.39 is 11.7 Å². The van der Waals surface area contributed by atoms with Crippen LogP contribution in [0.2, 0.25) is 0 Å². The van der Waals surface area contributed by atoms with Crippen LogP contribution in [-0.2, 0) is 16.1 Å². The quantitative estimate of drug-likeness (QED) is 0.136. The molecule has 0 spiro atoms. The zero-order chi connectivity index (χ0) is 34.3. The summed E-state index contributed by atoms with van der Waals surface area (Å²) in [6, 6.07) is 36.7. The van der Waals surface area contributed by atoms with Gasteiger partial charge in [-0.1, -0.05) is 102 Å². The van der Waals surface area contributed by atoms with E-state index in [4.69, 9.17) is 9.26 Å². The number of likely N-dealkylation sites (tertiary alicyclic amines) is 1. The summed E-state index contributed by atoms with van der Waals surface area (Å²) >= 11 is 0. The Balaban J connectivity index is 0.987. The van der Waals surface area contributed by atoms with Gasteiger partial charge in [0.1, 0.15) is 11.6 Å². The number of benzene rings is 4. The van der Waals surface area contributed by atoms with Crippen molar-refractivity contribution in [1.82, 2.24) is 20.0 Å². The van der Waals surface area contributed by atoms with Gasteiger partial charge in [0.15, 0.2) is 6.29 Å². The van der Waals surface area contributed by atoms with E-state index in [9.17, 15) is 14.3 Å². The Bertz CT molecular complexity index is 2020. The van der Waals surface area contributed by atoms with Gasteiger partial charge in [-0.25, -0.2) is 9.37 Å². The van der Waals surface area contributed by atoms with Crippen molar-refractivity contribution in [1.29, 1.82) is 0 Å². The molecule has 3 heterocycles. The number of nitrogens with one attached hydrogen (secondary N) is 1. The van der Waals surface area contributed by atoms with E-state index in [0.29, 0.717) is 60.8 Å². The van der Waals surface area contributed by atoms with Crippen molar-refractivity contribution in [2.75, 3.05) is 25.0 Å². The molecule has 0 aliphatic carbocycles. The first kappa shape index (κ1) is 33.0. The van der Waals surface area contributed by atoms with Crippen LogP contribution in [0.4, 0.5) is 10.2 Å². The molecule has 4 aromatic carbocycles. The van der Waals surface area contributed by atoms with Gasteiger partial charge in [0, 0.05) is 35.0 Å². The van der Waals surface area contributed by atoms with Crippen LogP contribution in [0.5, 0.6) is 0 Å². The molecular formula is C40H36FN5O4. The molecule has 2 N–H and O–H groups in total. The van der Waals surface area contributed by atoms with Gasteiger partial charge in [0.2, 0.25) is 11.7 Å². The van der Waals surface area contributed by atoms with Crippen LogP contribution in [0, 0.1) is 11.2 Å². The SMILES string of the molecule is O=C(Nc1ccccn1)C1(COC(O)c2ccccc2)CCN(Cc2ccc(-c3noc(-c4ccc(-c5ccccc5)c(F)c4)n3)cc2)CC1. The van der Waals surface area contributed by atoms with Gasteiger partial charge in [0.05, 0.1) is 12.0 Å². The first-order valence-corrected chi connectivity index (χ1v) is 16.5. The van der Waals surface area contributed by atoms with Crippen LogP contribution in [0.15, 0.2) is 132 Å². The van der Waals surface area contributed by atoms with Crippen molar-refractivity contribution >= 4 is 11.7 Å². The third kappa shape index (κ3) is 7.52. The smallest absolute Gasteiger partial charge is 0.258 e. The fraction of sp³-hybridized carbons (Fsp3) is 0.200. The lowest BCUT2D eigenvalue weighted by molar-refractivity contribution is -0.154. The van der Waals surface area contributed by atoms with E-state index in [1.165, 1.54) is 6.07 Å². The molecule has 1 saturated heterocycles. The van der Waals surface area contributed by atoms with Crippen molar-refractivity contribution in [3.8, 4) is 34.0 Å². The first-order valence-electron chi connectivity index (χ1n) is 16.5. The summed E-state index contributed by atoms with van der Waals surface area (Å²) in [6.45, 7) is 2.09. The minimum atomic E-state index is -1.14. The van der Waals surface area contributed by atoms with Crippen LogP contribution in [-0.4, -0.2) is 50.7 Å². The van der Waals surface area contributed by atoms with Gasteiger partial charge in [-0.2, -0.15) is 4.98 Å². The van der Waals surface area contributed by atoms with Gasteiger partial charge >= 0.3 is 0 Å². The maximum atomic E-state index is 15.0. The lowest BCUT2D eigenvalue weighted by Crippen LogP contribution is -2.49. The molecule has 1 amide bonds. The summed E-state index contributed by atoms with van der Waals surface area (Å²) in [4.78, 5) is 24.8. The number of ether oxygens (including phenoxy) is 1. The van der Waals surface area contributed by atoms with Crippen molar-refractivity contribution in [2.24, 2.45) is 5.41 Å². The molecule has 1 aliphatic heterocycles. The lowest BCUT2D eigenvalue weighted by atomic mass is 9.78. The third-order valence-electron chi connectivity index (χ3n) is 9.15. The normalized spacial score (nSPS) is 15.0. The number of halogens is 1. The second kappa shape index (κ2) is 14.9. The number of aliphatic hydroxyl groups excluding tert-OH is 1. The molecule has 1 aliphatic rings. The van der Waals surface area contributed by atoms with Gasteiger partial charge in [-0.15, -0.1) is 0 Å². The molecule has 50 heavy (non-hydrogen) atoms. The summed E-state index contributed by atoms with van der Waals surface area (Å²) in [5.41, 5.74) is 3.48. The molecule has 10 heteroatoms. The van der Waals surface area contributed by atoms with Crippen molar-refractivity contribution < 1.29 is 23.6 Å². The number of hydrogen-bond donors (Lipinski definition) is 2. The lowest BCUT2D eigenvalue weighted by Gasteiger charge is -2.40. The third-order valence-corrected chi connectivity index (χ3v) is 9.15. The zero-order valence-corrected chi connectivity index (χ0v) is 27.3. The molecule has 0 saturated carbocycles. The maximum absolute atomic E-state index is 15.0. The summed E-state index contributed by atoms with van der Waals surface area (Å²) in [5.74, 6) is 0.601. The van der Waals surface area contributed by atoms with E-state index in [1.54, 1.807) is 42.6 Å². The number of carbonyl (C=O) groups is 1. The van der Waals surface area contributed by atoms with E-state index in [2.05, 4.69) is 25.3 Å². The number of nitrogens with zero attached hydrogens (tertiary/aromatic N) is 4. The summed E-state index contributed by atoms with van der Waals surface area (Å²) in [7, 11) is 0. The second-order valence-corrected chi connectivity index (χ2v) is 12.5.